The first-order chi connectivity index (χ1) is 4.61. The highest BCUT2D eigenvalue weighted by Gasteiger charge is 2.13. The van der Waals surface area contributed by atoms with Gasteiger partial charge in [-0.15, -0.1) is 4.39 Å². The van der Waals surface area contributed by atoms with Crippen molar-refractivity contribution in [3.63, 3.8) is 0 Å². The van der Waals surface area contributed by atoms with Gasteiger partial charge in [0.15, 0.2) is 5.15 Å². The predicted molar refractivity (Wildman–Crippen MR) is 35.6 cm³/mol. The molecule has 2 nitrogen and oxygen atoms in total. The van der Waals surface area contributed by atoms with E-state index in [1.165, 1.54) is 0 Å². The van der Waals surface area contributed by atoms with Gasteiger partial charge in [-0.2, -0.15) is 4.98 Å². The molecule has 0 aliphatic carbocycles. The van der Waals surface area contributed by atoms with Gasteiger partial charge in [-0.1, -0.05) is 25.4 Å². The standard InChI is InChI=1S/C6H7ClFNO/c1-3(2)4-5(7)9-6(8)10-4/h3H,1-2H3. The zero-order valence-corrected chi connectivity index (χ0v) is 6.44. The van der Waals surface area contributed by atoms with E-state index in [4.69, 9.17) is 11.6 Å². The van der Waals surface area contributed by atoms with Gasteiger partial charge in [0.05, 0.1) is 0 Å². The summed E-state index contributed by atoms with van der Waals surface area (Å²) < 4.78 is 16.8. The van der Waals surface area contributed by atoms with Crippen LogP contribution in [0.2, 0.25) is 5.15 Å². The second-order valence-corrected chi connectivity index (χ2v) is 2.63. The van der Waals surface area contributed by atoms with E-state index in [1.807, 2.05) is 13.8 Å². The maximum Gasteiger partial charge on any atom is 0.383 e. The van der Waals surface area contributed by atoms with Crippen molar-refractivity contribution in [1.82, 2.24) is 4.98 Å². The number of aromatic nitrogens is 1. The Labute approximate surface area is 63.0 Å². The molecular weight excluding hydrogens is 157 g/mol. The molecule has 0 aliphatic heterocycles. The molecule has 1 heterocycles. The molecule has 0 radical (unpaired) electrons. The summed E-state index contributed by atoms with van der Waals surface area (Å²) in [6.45, 7) is 3.71. The number of hydrogen-bond donors (Lipinski definition) is 0. The summed E-state index contributed by atoms with van der Waals surface area (Å²) in [6.07, 6.45) is -0.867. The summed E-state index contributed by atoms with van der Waals surface area (Å²) in [7, 11) is 0. The van der Waals surface area contributed by atoms with E-state index < -0.39 is 6.14 Å². The van der Waals surface area contributed by atoms with Crippen molar-refractivity contribution in [2.24, 2.45) is 0 Å². The molecule has 1 aromatic heterocycles. The van der Waals surface area contributed by atoms with Crippen molar-refractivity contribution in [2.75, 3.05) is 0 Å². The lowest BCUT2D eigenvalue weighted by Crippen LogP contribution is -1.82. The Kier molecular flexibility index (Phi) is 1.94. The Morgan fingerprint density at radius 2 is 2.20 bits per heavy atom. The molecule has 0 saturated heterocycles. The number of halogens is 2. The lowest BCUT2D eigenvalue weighted by molar-refractivity contribution is 0.312. The first-order valence-corrected chi connectivity index (χ1v) is 3.30. The third kappa shape index (κ3) is 1.29. The fourth-order valence-electron chi connectivity index (χ4n) is 0.644. The smallest absolute Gasteiger partial charge is 0.383 e. The summed E-state index contributed by atoms with van der Waals surface area (Å²) in [5, 5.41) is 0.118. The topological polar surface area (TPSA) is 26.0 Å². The number of rotatable bonds is 1. The van der Waals surface area contributed by atoms with E-state index in [2.05, 4.69) is 9.40 Å². The molecule has 56 valence electrons. The van der Waals surface area contributed by atoms with Crippen molar-refractivity contribution in [2.45, 2.75) is 19.8 Å². The SMILES string of the molecule is CC(C)c1oc(F)nc1Cl. The second-order valence-electron chi connectivity index (χ2n) is 2.28. The summed E-state index contributed by atoms with van der Waals surface area (Å²) >= 11 is 5.50. The van der Waals surface area contributed by atoms with Crippen LogP contribution in [0.4, 0.5) is 4.39 Å². The number of nitrogens with zero attached hydrogens (tertiary/aromatic N) is 1. The first kappa shape index (κ1) is 7.54. The van der Waals surface area contributed by atoms with Crippen LogP contribution >= 0.6 is 11.6 Å². The van der Waals surface area contributed by atoms with E-state index in [-0.39, 0.29) is 11.1 Å². The Bertz CT molecular complexity index is 234. The van der Waals surface area contributed by atoms with Crippen molar-refractivity contribution in [1.29, 1.82) is 0 Å². The summed E-state index contributed by atoms with van der Waals surface area (Å²) in [5.74, 6) is 0.476. The molecule has 1 rings (SSSR count). The normalized spacial score (nSPS) is 10.9. The zero-order valence-electron chi connectivity index (χ0n) is 5.69. The Hall–Kier alpha value is -0.570. The highest BCUT2D eigenvalue weighted by atomic mass is 35.5. The maximum absolute atomic E-state index is 12.2. The van der Waals surface area contributed by atoms with E-state index in [9.17, 15) is 4.39 Å². The highest BCUT2D eigenvalue weighted by molar-refractivity contribution is 6.30. The van der Waals surface area contributed by atoms with E-state index >= 15 is 0 Å². The van der Waals surface area contributed by atoms with E-state index in [0.717, 1.165) is 0 Å². The molecule has 0 unspecified atom stereocenters. The quantitative estimate of drug-likeness (QED) is 0.636. The Morgan fingerprint density at radius 1 is 1.60 bits per heavy atom. The van der Waals surface area contributed by atoms with Crippen LogP contribution in [-0.2, 0) is 0 Å². The van der Waals surface area contributed by atoms with Crippen LogP contribution in [0.25, 0.3) is 0 Å². The molecule has 4 heteroatoms. The van der Waals surface area contributed by atoms with Crippen molar-refractivity contribution >= 4 is 11.6 Å². The average molecular weight is 164 g/mol. The van der Waals surface area contributed by atoms with Gasteiger partial charge >= 0.3 is 6.14 Å². The first-order valence-electron chi connectivity index (χ1n) is 2.93. The van der Waals surface area contributed by atoms with Crippen molar-refractivity contribution in [3.8, 4) is 0 Å². The summed E-state index contributed by atoms with van der Waals surface area (Å²) in [4.78, 5) is 3.26. The Morgan fingerprint density at radius 3 is 2.40 bits per heavy atom. The van der Waals surface area contributed by atoms with Crippen LogP contribution in [0.15, 0.2) is 4.42 Å². The van der Waals surface area contributed by atoms with Crippen molar-refractivity contribution in [3.05, 3.63) is 17.1 Å². The molecule has 1 aromatic rings. The van der Waals surface area contributed by atoms with Crippen LogP contribution < -0.4 is 0 Å². The molecule has 0 amide bonds. The molecule has 0 bridgehead atoms. The van der Waals surface area contributed by atoms with E-state index in [1.54, 1.807) is 0 Å². The van der Waals surface area contributed by atoms with Gasteiger partial charge in [-0.25, -0.2) is 0 Å². The molecule has 0 atom stereocenters. The molecule has 0 N–H and O–H groups in total. The van der Waals surface area contributed by atoms with Gasteiger partial charge in [0.25, 0.3) is 0 Å². The molecular formula is C6H7ClFNO. The molecule has 0 fully saturated rings. The minimum absolute atomic E-state index is 0.0736. The van der Waals surface area contributed by atoms with Crippen LogP contribution in [0.1, 0.15) is 25.5 Å². The Balaban J connectivity index is 3.03. The average Bonchev–Trinajstić information content (AvgIpc) is 2.10. The van der Waals surface area contributed by atoms with E-state index in [0.29, 0.717) is 5.76 Å². The fraction of sp³-hybridized carbons (Fsp3) is 0.500. The van der Waals surface area contributed by atoms with Gasteiger partial charge in [0, 0.05) is 5.92 Å². The lowest BCUT2D eigenvalue weighted by Gasteiger charge is -1.95. The van der Waals surface area contributed by atoms with Gasteiger partial charge in [0.1, 0.15) is 5.76 Å². The van der Waals surface area contributed by atoms with Crippen LogP contribution in [0.5, 0.6) is 0 Å². The van der Waals surface area contributed by atoms with Crippen LogP contribution in [0, 0.1) is 6.14 Å². The molecule has 10 heavy (non-hydrogen) atoms. The van der Waals surface area contributed by atoms with Gasteiger partial charge < -0.3 is 4.42 Å². The molecule has 0 saturated carbocycles. The van der Waals surface area contributed by atoms with Crippen LogP contribution in [0.3, 0.4) is 0 Å². The van der Waals surface area contributed by atoms with Gasteiger partial charge in [0.2, 0.25) is 0 Å². The fourth-order valence-corrected chi connectivity index (χ4v) is 0.967. The number of oxazole rings is 1. The lowest BCUT2D eigenvalue weighted by atomic mass is 10.2. The molecule has 0 aliphatic rings. The highest BCUT2D eigenvalue weighted by Crippen LogP contribution is 2.23. The maximum atomic E-state index is 12.2. The van der Waals surface area contributed by atoms with Crippen molar-refractivity contribution < 1.29 is 8.81 Å². The third-order valence-electron chi connectivity index (χ3n) is 1.11. The monoisotopic (exact) mass is 163 g/mol. The third-order valence-corrected chi connectivity index (χ3v) is 1.38. The van der Waals surface area contributed by atoms with Gasteiger partial charge in [-0.05, 0) is 0 Å². The zero-order chi connectivity index (χ0) is 7.72. The molecule has 0 spiro atoms. The predicted octanol–water partition coefficient (Wildman–Crippen LogP) is 2.59. The molecule has 0 aromatic carbocycles. The van der Waals surface area contributed by atoms with Gasteiger partial charge in [-0.3, -0.25) is 0 Å². The largest absolute Gasteiger partial charge is 0.418 e. The minimum atomic E-state index is -0.867. The summed E-state index contributed by atoms with van der Waals surface area (Å²) in [6, 6.07) is 0. The number of hydrogen-bond acceptors (Lipinski definition) is 2. The minimum Gasteiger partial charge on any atom is -0.418 e. The second kappa shape index (κ2) is 2.58. The summed E-state index contributed by atoms with van der Waals surface area (Å²) in [5.41, 5.74) is 0. The van der Waals surface area contributed by atoms with Crippen LogP contribution in [-0.4, -0.2) is 4.98 Å².